The minimum Gasteiger partial charge on any atom is -0.463 e. The number of carbonyl (C=O) groups excluding carboxylic acids is 2. The molecule has 6 nitrogen and oxygen atoms in total. The molecule has 0 saturated carbocycles. The zero-order chi connectivity index (χ0) is 28.1. The highest BCUT2D eigenvalue weighted by Crippen LogP contribution is 2.43. The molecule has 3 rings (SSSR count). The molecule has 0 radical (unpaired) electrons. The summed E-state index contributed by atoms with van der Waals surface area (Å²) in [5.74, 6) is -0.978. The van der Waals surface area contributed by atoms with Crippen LogP contribution >= 0.6 is 11.6 Å². The van der Waals surface area contributed by atoms with Gasteiger partial charge in [0.25, 0.3) is 0 Å². The number of carbonyl (C=O) groups is 2. The molecule has 1 unspecified atom stereocenters. The Hall–Kier alpha value is -2.15. The summed E-state index contributed by atoms with van der Waals surface area (Å²) in [6.07, 6.45) is 12.7. The summed E-state index contributed by atoms with van der Waals surface area (Å²) in [5.41, 5.74) is 3.58. The van der Waals surface area contributed by atoms with Gasteiger partial charge in [-0.05, 0) is 68.7 Å². The molecule has 0 aromatic heterocycles. The van der Waals surface area contributed by atoms with E-state index in [0.717, 1.165) is 48.9 Å². The Balaban J connectivity index is 0.00000247. The number of hydrogen-bond acceptors (Lipinski definition) is 6. The maximum atomic E-state index is 13.8. The largest absolute Gasteiger partial charge is 0.463 e. The van der Waals surface area contributed by atoms with Gasteiger partial charge in [0.1, 0.15) is 0 Å². The zero-order valence-electron chi connectivity index (χ0n) is 24.2. The summed E-state index contributed by atoms with van der Waals surface area (Å²) in [5, 5.41) is 7.17. The molecule has 2 aliphatic carbocycles. The summed E-state index contributed by atoms with van der Waals surface area (Å²) >= 11 is 6.87. The van der Waals surface area contributed by atoms with Crippen LogP contribution in [0.15, 0.2) is 57.3 Å². The number of ether oxygens (including phenoxy) is 2. The van der Waals surface area contributed by atoms with Crippen molar-refractivity contribution in [1.82, 2.24) is 10.6 Å². The highest BCUT2D eigenvalue weighted by atomic mass is 35.5. The second-order valence-electron chi connectivity index (χ2n) is 10.4. The average Bonchev–Trinajstić information content (AvgIpc) is 3.01. The molecule has 38 heavy (non-hydrogen) atoms. The van der Waals surface area contributed by atoms with Gasteiger partial charge in [-0.2, -0.15) is 0 Å². The third-order valence-corrected chi connectivity index (χ3v) is 7.27. The number of esters is 1. The Labute approximate surface area is 234 Å². The Morgan fingerprint density at radius 2 is 1.92 bits per heavy atom. The van der Waals surface area contributed by atoms with Crippen molar-refractivity contribution in [2.24, 2.45) is 11.3 Å². The van der Waals surface area contributed by atoms with Crippen LogP contribution in [0, 0.1) is 11.3 Å². The van der Waals surface area contributed by atoms with Crippen LogP contribution in [0.1, 0.15) is 73.1 Å². The van der Waals surface area contributed by atoms with Crippen molar-refractivity contribution in [2.45, 2.75) is 73.1 Å². The van der Waals surface area contributed by atoms with Crippen LogP contribution in [0.2, 0.25) is 0 Å². The quantitative estimate of drug-likeness (QED) is 0.281. The number of likely N-dealkylation sites (N-methyl/N-ethyl adjacent to an activating group) is 1. The van der Waals surface area contributed by atoms with Gasteiger partial charge in [-0.3, -0.25) is 4.79 Å². The molecule has 2 N–H and O–H groups in total. The number of allylic oxidation sites excluding steroid dienone is 8. The van der Waals surface area contributed by atoms with Gasteiger partial charge in [0.15, 0.2) is 5.78 Å². The van der Waals surface area contributed by atoms with E-state index in [1.54, 1.807) is 6.92 Å². The van der Waals surface area contributed by atoms with Crippen molar-refractivity contribution in [3.8, 4) is 0 Å². The van der Waals surface area contributed by atoms with Gasteiger partial charge in [0.2, 0.25) is 0 Å². The predicted molar refractivity (Wildman–Crippen MR) is 156 cm³/mol. The second kappa shape index (κ2) is 16.1. The standard InChI is InChI=1S/C29H41ClN2O4.C2H6/c1-5-36-28(34)25-20(19-35-16-15-31-4)18-32-23-17-29(2,3)14-10-13-24(33)27(23)26(25)21-11-8-6-7-9-12-22(21)30;1-2/h8-9,11-12,26,31-32H,5-7,10,13-19H2,1-4H3;1-2H3/b11-8-,12-9-,22-21-;. The molecule has 0 aromatic rings. The summed E-state index contributed by atoms with van der Waals surface area (Å²) in [6.45, 7) is 12.4. The Bertz CT molecular complexity index is 988. The first-order valence-corrected chi connectivity index (χ1v) is 14.5. The molecule has 0 saturated heterocycles. The fourth-order valence-electron chi connectivity index (χ4n) is 5.12. The minimum atomic E-state index is -0.621. The Morgan fingerprint density at radius 1 is 1.21 bits per heavy atom. The molecular formula is C31H47ClN2O4. The van der Waals surface area contributed by atoms with E-state index in [1.807, 2.05) is 39.1 Å². The van der Waals surface area contributed by atoms with Crippen LogP contribution < -0.4 is 10.6 Å². The molecule has 212 valence electrons. The molecule has 3 aliphatic rings. The normalized spacial score (nSPS) is 25.3. The molecule has 1 atom stereocenters. The summed E-state index contributed by atoms with van der Waals surface area (Å²) in [7, 11) is 1.87. The molecule has 0 aromatic carbocycles. The van der Waals surface area contributed by atoms with E-state index in [-0.39, 0.29) is 24.4 Å². The number of hydrogen-bond donors (Lipinski definition) is 2. The highest BCUT2D eigenvalue weighted by molar-refractivity contribution is 6.32. The lowest BCUT2D eigenvalue weighted by Gasteiger charge is -2.32. The minimum absolute atomic E-state index is 0.0194. The van der Waals surface area contributed by atoms with E-state index >= 15 is 0 Å². The smallest absolute Gasteiger partial charge is 0.335 e. The van der Waals surface area contributed by atoms with E-state index in [2.05, 4.69) is 30.6 Å². The average molecular weight is 547 g/mol. The van der Waals surface area contributed by atoms with Crippen LogP contribution in [-0.2, 0) is 19.1 Å². The van der Waals surface area contributed by atoms with Crippen molar-refractivity contribution in [3.05, 3.63) is 57.3 Å². The van der Waals surface area contributed by atoms with Crippen molar-refractivity contribution < 1.29 is 19.1 Å². The molecule has 0 amide bonds. The van der Waals surface area contributed by atoms with E-state index in [4.69, 9.17) is 21.1 Å². The van der Waals surface area contributed by atoms with Crippen molar-refractivity contribution in [2.75, 3.05) is 40.0 Å². The zero-order valence-corrected chi connectivity index (χ0v) is 24.9. The molecule has 0 spiro atoms. The molecule has 1 aliphatic heterocycles. The fraction of sp³-hybridized carbons (Fsp3) is 0.613. The van der Waals surface area contributed by atoms with Gasteiger partial charge in [0, 0.05) is 41.7 Å². The third kappa shape index (κ3) is 8.69. The van der Waals surface area contributed by atoms with E-state index in [0.29, 0.717) is 42.3 Å². The lowest BCUT2D eigenvalue weighted by molar-refractivity contribution is -0.139. The van der Waals surface area contributed by atoms with Gasteiger partial charge < -0.3 is 20.1 Å². The third-order valence-electron chi connectivity index (χ3n) is 6.93. The molecule has 0 bridgehead atoms. The molecule has 7 heteroatoms. The molecule has 1 heterocycles. The monoisotopic (exact) mass is 546 g/mol. The maximum Gasteiger partial charge on any atom is 0.335 e. The first-order chi connectivity index (χ1) is 18.3. The maximum absolute atomic E-state index is 13.8. The Morgan fingerprint density at radius 3 is 2.61 bits per heavy atom. The number of Topliss-reactive ketones (excluding diaryl/α,β-unsaturated/α-hetero) is 1. The number of halogens is 1. The van der Waals surface area contributed by atoms with Crippen LogP contribution in [0.5, 0.6) is 0 Å². The van der Waals surface area contributed by atoms with Crippen molar-refractivity contribution in [3.63, 3.8) is 0 Å². The van der Waals surface area contributed by atoms with E-state index in [1.165, 1.54) is 0 Å². The first kappa shape index (κ1) is 32.1. The van der Waals surface area contributed by atoms with Crippen molar-refractivity contribution >= 4 is 23.4 Å². The van der Waals surface area contributed by atoms with E-state index in [9.17, 15) is 9.59 Å². The number of nitrogens with one attached hydrogen (secondary N) is 2. The van der Waals surface area contributed by atoms with Crippen LogP contribution in [-0.4, -0.2) is 51.7 Å². The van der Waals surface area contributed by atoms with Gasteiger partial charge in [-0.25, -0.2) is 4.79 Å². The molecular weight excluding hydrogens is 500 g/mol. The predicted octanol–water partition coefficient (Wildman–Crippen LogP) is 6.15. The van der Waals surface area contributed by atoms with Gasteiger partial charge in [-0.15, -0.1) is 0 Å². The lowest BCUT2D eigenvalue weighted by Crippen LogP contribution is -2.29. The fourth-order valence-corrected chi connectivity index (χ4v) is 5.38. The van der Waals surface area contributed by atoms with Gasteiger partial charge in [-0.1, -0.05) is 57.5 Å². The highest BCUT2D eigenvalue weighted by Gasteiger charge is 2.40. The topological polar surface area (TPSA) is 76.7 Å². The van der Waals surface area contributed by atoms with Crippen LogP contribution in [0.4, 0.5) is 0 Å². The summed E-state index contributed by atoms with van der Waals surface area (Å²) in [4.78, 5) is 27.4. The second-order valence-corrected chi connectivity index (χ2v) is 10.8. The Kier molecular flexibility index (Phi) is 13.6. The van der Waals surface area contributed by atoms with Crippen molar-refractivity contribution in [1.29, 1.82) is 0 Å². The summed E-state index contributed by atoms with van der Waals surface area (Å²) in [6, 6.07) is 0. The van der Waals surface area contributed by atoms with Gasteiger partial charge >= 0.3 is 5.97 Å². The van der Waals surface area contributed by atoms with Crippen LogP contribution in [0.3, 0.4) is 0 Å². The number of ketones is 1. The summed E-state index contributed by atoms with van der Waals surface area (Å²) < 4.78 is 11.5. The number of rotatable bonds is 8. The lowest BCUT2D eigenvalue weighted by atomic mass is 9.73. The van der Waals surface area contributed by atoms with Gasteiger partial charge in [0.05, 0.1) is 25.4 Å². The van der Waals surface area contributed by atoms with E-state index < -0.39 is 11.9 Å². The first-order valence-electron chi connectivity index (χ1n) is 14.1. The molecule has 0 fully saturated rings. The van der Waals surface area contributed by atoms with Crippen LogP contribution in [0.25, 0.3) is 0 Å². The SMILES string of the molecule is CC.CCOC(=O)C1=C(COCCNC)CNC2=C(C(=O)CCCC(C)(C)C2)C1C1=C(Cl)/C=C\CC/C=C\1.